The monoisotopic (exact) mass is 779 g/mol. The molecule has 0 radical (unpaired) electrons. The molecule has 322 valence electrons. The highest BCUT2D eigenvalue weighted by molar-refractivity contribution is 5.27. The molecule has 0 aliphatic heterocycles. The van der Waals surface area contributed by atoms with Crippen LogP contribution in [-0.4, -0.2) is 42.8 Å². The highest BCUT2D eigenvalue weighted by Gasteiger charge is 2.61. The Morgan fingerprint density at radius 2 is 1.07 bits per heavy atom. The second-order valence-corrected chi connectivity index (χ2v) is 25.3. The molecule has 0 amide bonds. The third-order valence-corrected chi connectivity index (χ3v) is 20.4. The summed E-state index contributed by atoms with van der Waals surface area (Å²) in [5.41, 5.74) is 1.53. The minimum Gasteiger partial charge on any atom is -0.390 e. The Morgan fingerprint density at radius 1 is 0.554 bits per heavy atom. The summed E-state index contributed by atoms with van der Waals surface area (Å²) in [4.78, 5) is 0. The topological polar surface area (TPSA) is 80.9 Å². The zero-order chi connectivity index (χ0) is 40.7. The molecule has 4 heteroatoms. The first kappa shape index (κ1) is 43.7. The molecule has 0 aromatic carbocycles. The zero-order valence-corrected chi connectivity index (χ0v) is 38.3. The normalized spacial score (nSPS) is 49.9. The Balaban J connectivity index is 0.000000172. The minimum absolute atomic E-state index is 0.339. The minimum atomic E-state index is -0.516. The van der Waals surface area contributed by atoms with Crippen molar-refractivity contribution in [1.29, 1.82) is 0 Å². The molecule has 7 saturated carbocycles. The second kappa shape index (κ2) is 15.2. The number of aliphatic hydroxyl groups is 4. The van der Waals surface area contributed by atoms with Crippen LogP contribution in [0.1, 0.15) is 217 Å². The van der Waals surface area contributed by atoms with E-state index in [2.05, 4.69) is 40.7 Å². The second-order valence-electron chi connectivity index (χ2n) is 25.3. The first-order chi connectivity index (χ1) is 25.9. The highest BCUT2D eigenvalue weighted by atomic mass is 16.3. The van der Waals surface area contributed by atoms with Gasteiger partial charge in [0.2, 0.25) is 0 Å². The van der Waals surface area contributed by atoms with E-state index in [9.17, 15) is 20.4 Å². The Kier molecular flexibility index (Phi) is 11.8. The van der Waals surface area contributed by atoms with E-state index in [1.165, 1.54) is 109 Å². The standard InChI is InChI=1S/C26H46O2.C26H44O2/c2*1-23(2,27)13-6-7-18-9-11-21-20-10-8-19-17-24(3,28)15-16-26(19,5)22(20)12-14-25(18,21)4/h18-22,27-28H,6-17H2,1-5H3;8,18,20-22,27-28H,6-7,9-17H2,1-5H3/t18-,19-,20-,21-,22-,24-,25+,26-;18-,20-,21-,22-,24-,25+,26-/m00/s1. The quantitative estimate of drug-likeness (QED) is 0.185. The fourth-order valence-corrected chi connectivity index (χ4v) is 17.0. The van der Waals surface area contributed by atoms with E-state index in [0.717, 1.165) is 91.8 Å². The first-order valence-corrected chi connectivity index (χ1v) is 24.5. The maximum atomic E-state index is 10.7. The molecule has 15 atom stereocenters. The van der Waals surface area contributed by atoms with E-state index in [1.807, 2.05) is 34.6 Å². The molecule has 56 heavy (non-hydrogen) atoms. The summed E-state index contributed by atoms with van der Waals surface area (Å²) in [5, 5.41) is 41.5. The lowest BCUT2D eigenvalue weighted by Gasteiger charge is -2.62. The fraction of sp³-hybridized carbons (Fsp3) is 0.962. The first-order valence-electron chi connectivity index (χ1n) is 24.5. The smallest absolute Gasteiger partial charge is 0.0657 e. The maximum Gasteiger partial charge on any atom is 0.0657 e. The summed E-state index contributed by atoms with van der Waals surface area (Å²) < 4.78 is 0. The molecule has 4 N–H and O–H groups in total. The zero-order valence-electron chi connectivity index (χ0n) is 38.3. The summed E-state index contributed by atoms with van der Waals surface area (Å²) >= 11 is 0. The van der Waals surface area contributed by atoms with Crippen molar-refractivity contribution in [2.45, 2.75) is 239 Å². The van der Waals surface area contributed by atoms with E-state index >= 15 is 0 Å². The van der Waals surface area contributed by atoms with Gasteiger partial charge in [0, 0.05) is 0 Å². The van der Waals surface area contributed by atoms with Crippen LogP contribution in [0.15, 0.2) is 11.6 Å². The average Bonchev–Trinajstić information content (AvgIpc) is 3.60. The van der Waals surface area contributed by atoms with Gasteiger partial charge in [0.05, 0.1) is 22.4 Å². The van der Waals surface area contributed by atoms with Crippen molar-refractivity contribution < 1.29 is 20.4 Å². The van der Waals surface area contributed by atoms with Gasteiger partial charge < -0.3 is 20.4 Å². The lowest BCUT2D eigenvalue weighted by molar-refractivity contribution is -0.146. The molecule has 4 nitrogen and oxygen atoms in total. The van der Waals surface area contributed by atoms with Gasteiger partial charge in [-0.05, 0) is 251 Å². The van der Waals surface area contributed by atoms with Crippen LogP contribution in [-0.2, 0) is 0 Å². The Hall–Kier alpha value is -0.420. The average molecular weight is 779 g/mol. The summed E-state index contributed by atoms with van der Waals surface area (Å²) in [6.45, 7) is 22.3. The van der Waals surface area contributed by atoms with Gasteiger partial charge in [0.1, 0.15) is 0 Å². The lowest BCUT2D eigenvalue weighted by Crippen LogP contribution is -2.55. The summed E-state index contributed by atoms with van der Waals surface area (Å²) in [6, 6.07) is 0. The SMILES string of the molecule is CC(C)(O)CCC[C@H]1CC[C@H]2[C@@H]3CC=C4C[C@@](C)(O)CC[C@]4(C)[C@H]3CC[C@]12C.CC(C)(O)CCC[C@H]1CC[C@H]2[C@@H]3CC[C@H]4C[C@@](C)(O)CC[C@]4(C)[C@H]3CC[C@]12C. The van der Waals surface area contributed by atoms with Crippen molar-refractivity contribution >= 4 is 0 Å². The maximum absolute atomic E-state index is 10.7. The van der Waals surface area contributed by atoms with Crippen molar-refractivity contribution in [3.8, 4) is 0 Å². The van der Waals surface area contributed by atoms with Crippen LogP contribution in [0, 0.1) is 74.9 Å². The molecule has 8 rings (SSSR count). The molecular formula is C52H90O4. The molecule has 0 aromatic heterocycles. The predicted octanol–water partition coefficient (Wildman–Crippen LogP) is 12.6. The van der Waals surface area contributed by atoms with Crippen LogP contribution in [0.4, 0.5) is 0 Å². The van der Waals surface area contributed by atoms with Crippen LogP contribution < -0.4 is 0 Å². The third kappa shape index (κ3) is 8.30. The Labute approximate surface area is 345 Å². The molecule has 0 spiro atoms. The van der Waals surface area contributed by atoms with Gasteiger partial charge in [0.25, 0.3) is 0 Å². The van der Waals surface area contributed by atoms with E-state index in [-0.39, 0.29) is 0 Å². The van der Waals surface area contributed by atoms with Gasteiger partial charge in [-0.2, -0.15) is 0 Å². The highest BCUT2D eigenvalue weighted by Crippen LogP contribution is 2.69. The van der Waals surface area contributed by atoms with Crippen molar-refractivity contribution in [2.75, 3.05) is 0 Å². The van der Waals surface area contributed by atoms with E-state index in [4.69, 9.17) is 0 Å². The molecular weight excluding hydrogens is 689 g/mol. The van der Waals surface area contributed by atoms with E-state index in [0.29, 0.717) is 21.7 Å². The van der Waals surface area contributed by atoms with Crippen LogP contribution in [0.5, 0.6) is 0 Å². The number of hydrogen-bond donors (Lipinski definition) is 4. The van der Waals surface area contributed by atoms with Gasteiger partial charge in [-0.1, -0.05) is 52.2 Å². The van der Waals surface area contributed by atoms with Crippen molar-refractivity contribution in [3.63, 3.8) is 0 Å². The van der Waals surface area contributed by atoms with Crippen LogP contribution in [0.25, 0.3) is 0 Å². The van der Waals surface area contributed by atoms with Crippen molar-refractivity contribution in [1.82, 2.24) is 0 Å². The lowest BCUT2D eigenvalue weighted by atomic mass is 9.44. The molecule has 0 bridgehead atoms. The third-order valence-electron chi connectivity index (χ3n) is 20.4. The van der Waals surface area contributed by atoms with Gasteiger partial charge in [-0.15, -0.1) is 0 Å². The van der Waals surface area contributed by atoms with Gasteiger partial charge in [0.15, 0.2) is 0 Å². The Bertz CT molecular complexity index is 1410. The number of fused-ring (bicyclic) bond motifs is 10. The van der Waals surface area contributed by atoms with Crippen LogP contribution >= 0.6 is 0 Å². The summed E-state index contributed by atoms with van der Waals surface area (Å²) in [7, 11) is 0. The van der Waals surface area contributed by atoms with Crippen LogP contribution in [0.2, 0.25) is 0 Å². The van der Waals surface area contributed by atoms with Crippen molar-refractivity contribution in [2.24, 2.45) is 74.9 Å². The summed E-state index contributed by atoms with van der Waals surface area (Å²) in [6.07, 6.45) is 31.0. The molecule has 8 aliphatic carbocycles. The van der Waals surface area contributed by atoms with Crippen LogP contribution in [0.3, 0.4) is 0 Å². The van der Waals surface area contributed by atoms with Gasteiger partial charge >= 0.3 is 0 Å². The largest absolute Gasteiger partial charge is 0.390 e. The molecule has 0 unspecified atom stereocenters. The molecule has 0 saturated heterocycles. The fourth-order valence-electron chi connectivity index (χ4n) is 17.0. The molecule has 8 aliphatic rings. The van der Waals surface area contributed by atoms with Gasteiger partial charge in [-0.3, -0.25) is 0 Å². The molecule has 0 aromatic rings. The number of rotatable bonds is 8. The molecule has 7 fully saturated rings. The number of hydrogen-bond acceptors (Lipinski definition) is 4. The molecule has 0 heterocycles. The predicted molar refractivity (Wildman–Crippen MR) is 232 cm³/mol. The summed E-state index contributed by atoms with van der Waals surface area (Å²) in [5.74, 6) is 7.80. The Morgan fingerprint density at radius 3 is 1.64 bits per heavy atom. The van der Waals surface area contributed by atoms with Gasteiger partial charge in [-0.25, -0.2) is 0 Å². The van der Waals surface area contributed by atoms with E-state index < -0.39 is 22.4 Å². The number of allylic oxidation sites excluding steroid dienone is 1. The van der Waals surface area contributed by atoms with Crippen molar-refractivity contribution in [3.05, 3.63) is 11.6 Å². The van der Waals surface area contributed by atoms with E-state index in [1.54, 1.807) is 5.57 Å².